The van der Waals surface area contributed by atoms with Crippen LogP contribution in [0.2, 0.25) is 15.2 Å². The Morgan fingerprint density at radius 2 is 1.86 bits per heavy atom. The summed E-state index contributed by atoms with van der Waals surface area (Å²) in [6, 6.07) is 0. The summed E-state index contributed by atoms with van der Waals surface area (Å²) in [6.07, 6.45) is 0.659. The van der Waals surface area contributed by atoms with Crippen LogP contribution in [0.4, 0.5) is 0 Å². The van der Waals surface area contributed by atoms with Crippen molar-refractivity contribution in [2.24, 2.45) is 7.05 Å². The van der Waals surface area contributed by atoms with E-state index in [9.17, 15) is 4.79 Å². The van der Waals surface area contributed by atoms with E-state index in [0.717, 1.165) is 5.69 Å². The zero-order chi connectivity index (χ0) is 16.4. The highest BCUT2D eigenvalue weighted by Gasteiger charge is 2.17. The number of halogens is 3. The zero-order valence-electron chi connectivity index (χ0n) is 12.5. The molecule has 1 N–H and O–H groups in total. The predicted octanol–water partition coefficient (Wildman–Crippen LogP) is 3.01. The molecule has 0 atom stereocenters. The highest BCUT2D eigenvalue weighted by Crippen LogP contribution is 2.25. The van der Waals surface area contributed by atoms with Crippen molar-refractivity contribution in [1.82, 2.24) is 24.9 Å². The molecule has 1 amide bonds. The summed E-state index contributed by atoms with van der Waals surface area (Å²) in [7, 11) is 1.74. The summed E-state index contributed by atoms with van der Waals surface area (Å²) in [5.74, 6) is -0.297. The highest BCUT2D eigenvalue weighted by molar-refractivity contribution is 6.41. The van der Waals surface area contributed by atoms with Crippen molar-refractivity contribution in [3.63, 3.8) is 0 Å². The van der Waals surface area contributed by atoms with Gasteiger partial charge in [0.05, 0.1) is 16.4 Å². The topological polar surface area (TPSA) is 64.7 Å². The molecule has 0 aliphatic carbocycles. The molecule has 120 valence electrons. The monoisotopic (exact) mass is 363 g/mol. The number of hydrogen-bond acceptors (Lipinski definition) is 3. The van der Waals surface area contributed by atoms with E-state index in [1.165, 1.54) is 0 Å². The minimum Gasteiger partial charge on any atom is -0.351 e. The largest absolute Gasteiger partial charge is 0.351 e. The molecule has 22 heavy (non-hydrogen) atoms. The second kappa shape index (κ2) is 6.89. The summed E-state index contributed by atoms with van der Waals surface area (Å²) in [5.41, 5.74) is 1.67. The van der Waals surface area contributed by atoms with E-state index in [2.05, 4.69) is 15.5 Å². The van der Waals surface area contributed by atoms with Gasteiger partial charge in [-0.3, -0.25) is 14.2 Å². The van der Waals surface area contributed by atoms with Gasteiger partial charge in [-0.15, -0.1) is 0 Å². The minimum atomic E-state index is -0.297. The smallest absolute Gasteiger partial charge is 0.273 e. The van der Waals surface area contributed by atoms with Crippen LogP contribution in [0.25, 0.3) is 0 Å². The van der Waals surface area contributed by atoms with Crippen molar-refractivity contribution < 1.29 is 4.79 Å². The Morgan fingerprint density at radius 3 is 2.36 bits per heavy atom. The van der Waals surface area contributed by atoms with Crippen LogP contribution >= 0.6 is 34.8 Å². The molecule has 0 bridgehead atoms. The summed E-state index contributed by atoms with van der Waals surface area (Å²) >= 11 is 18.1. The fraction of sp³-hybridized carbons (Fsp3) is 0.462. The summed E-state index contributed by atoms with van der Waals surface area (Å²) in [4.78, 5) is 12.0. The first-order valence-corrected chi connectivity index (χ1v) is 7.82. The Balaban J connectivity index is 1.87. The van der Waals surface area contributed by atoms with Crippen LogP contribution in [0.3, 0.4) is 0 Å². The van der Waals surface area contributed by atoms with Crippen LogP contribution in [0, 0.1) is 13.8 Å². The number of aryl methyl sites for hydroxylation is 3. The number of nitrogens with one attached hydrogen (secondary N) is 1. The first kappa shape index (κ1) is 17.1. The molecule has 0 saturated heterocycles. The predicted molar refractivity (Wildman–Crippen MR) is 86.9 cm³/mol. The van der Waals surface area contributed by atoms with Gasteiger partial charge in [0.15, 0.2) is 5.69 Å². The lowest BCUT2D eigenvalue weighted by Crippen LogP contribution is -2.26. The van der Waals surface area contributed by atoms with Crippen molar-refractivity contribution in [2.45, 2.75) is 26.8 Å². The van der Waals surface area contributed by atoms with E-state index >= 15 is 0 Å². The molecule has 2 heterocycles. The number of aromatic nitrogens is 4. The van der Waals surface area contributed by atoms with Gasteiger partial charge >= 0.3 is 0 Å². The Labute approximate surface area is 143 Å². The summed E-state index contributed by atoms with van der Waals surface area (Å²) in [6.45, 7) is 4.61. The standard InChI is InChI=1S/C13H16Cl3N5O/c1-7-9(14)12(16)21(18-7)6-4-5-17-13(22)11-10(15)8(2)20(3)19-11/h4-6H2,1-3H3,(H,17,22). The van der Waals surface area contributed by atoms with Crippen molar-refractivity contribution in [3.05, 3.63) is 32.3 Å². The van der Waals surface area contributed by atoms with Crippen LogP contribution in [-0.2, 0) is 13.6 Å². The van der Waals surface area contributed by atoms with Crippen LogP contribution in [0.1, 0.15) is 28.3 Å². The molecule has 0 radical (unpaired) electrons. The molecular weight excluding hydrogens is 349 g/mol. The number of nitrogens with zero attached hydrogens (tertiary/aromatic N) is 4. The highest BCUT2D eigenvalue weighted by atomic mass is 35.5. The van der Waals surface area contributed by atoms with Gasteiger partial charge in [-0.05, 0) is 20.3 Å². The molecule has 0 spiro atoms. The van der Waals surface area contributed by atoms with Crippen molar-refractivity contribution in [1.29, 1.82) is 0 Å². The van der Waals surface area contributed by atoms with Gasteiger partial charge in [-0.2, -0.15) is 10.2 Å². The third-order valence-corrected chi connectivity index (χ3v) is 4.69. The Kier molecular flexibility index (Phi) is 5.36. The first-order valence-electron chi connectivity index (χ1n) is 6.68. The van der Waals surface area contributed by atoms with Crippen LogP contribution < -0.4 is 5.32 Å². The van der Waals surface area contributed by atoms with Crippen LogP contribution in [0.5, 0.6) is 0 Å². The second-order valence-corrected chi connectivity index (χ2v) is 6.01. The Morgan fingerprint density at radius 1 is 1.18 bits per heavy atom. The van der Waals surface area contributed by atoms with Gasteiger partial charge < -0.3 is 5.32 Å². The number of rotatable bonds is 5. The number of hydrogen-bond donors (Lipinski definition) is 1. The SMILES string of the molecule is Cc1nn(CCCNC(=O)c2nn(C)c(C)c2Cl)c(Cl)c1Cl. The van der Waals surface area contributed by atoms with E-state index in [1.807, 2.05) is 0 Å². The minimum absolute atomic E-state index is 0.234. The van der Waals surface area contributed by atoms with E-state index in [4.69, 9.17) is 34.8 Å². The molecular formula is C13H16Cl3N5O. The third-order valence-electron chi connectivity index (χ3n) is 3.30. The molecule has 0 saturated carbocycles. The molecule has 0 fully saturated rings. The van der Waals surface area contributed by atoms with E-state index in [-0.39, 0.29) is 11.6 Å². The summed E-state index contributed by atoms with van der Waals surface area (Å²) in [5, 5.41) is 12.3. The van der Waals surface area contributed by atoms with Gasteiger partial charge in [0.1, 0.15) is 10.2 Å². The lowest BCUT2D eigenvalue weighted by atomic mass is 10.3. The van der Waals surface area contributed by atoms with E-state index in [0.29, 0.717) is 40.4 Å². The fourth-order valence-corrected chi connectivity index (χ4v) is 2.56. The Bertz CT molecular complexity index is 707. The average Bonchev–Trinajstić information content (AvgIpc) is 2.88. The van der Waals surface area contributed by atoms with Crippen molar-refractivity contribution in [2.75, 3.05) is 6.54 Å². The normalized spacial score (nSPS) is 11.0. The molecule has 2 rings (SSSR count). The third kappa shape index (κ3) is 3.39. The van der Waals surface area contributed by atoms with Gasteiger partial charge in [0.2, 0.25) is 0 Å². The van der Waals surface area contributed by atoms with Gasteiger partial charge in [-0.25, -0.2) is 0 Å². The molecule has 0 aliphatic heterocycles. The van der Waals surface area contributed by atoms with Crippen LogP contribution in [0.15, 0.2) is 0 Å². The number of amides is 1. The molecule has 2 aromatic heterocycles. The zero-order valence-corrected chi connectivity index (χ0v) is 14.7. The molecule has 2 aromatic rings. The number of carbonyl (C=O) groups is 1. The second-order valence-electron chi connectivity index (χ2n) is 4.89. The summed E-state index contributed by atoms with van der Waals surface area (Å²) < 4.78 is 3.19. The molecule has 0 unspecified atom stereocenters. The van der Waals surface area contributed by atoms with Crippen molar-refractivity contribution >= 4 is 40.7 Å². The maximum absolute atomic E-state index is 12.0. The lowest BCUT2D eigenvalue weighted by Gasteiger charge is -2.05. The fourth-order valence-electron chi connectivity index (χ4n) is 1.92. The molecule has 9 heteroatoms. The Hall–Kier alpha value is -1.24. The maximum atomic E-state index is 12.0. The molecule has 0 aromatic carbocycles. The molecule has 6 nitrogen and oxygen atoms in total. The van der Waals surface area contributed by atoms with E-state index in [1.54, 1.807) is 30.3 Å². The quantitative estimate of drug-likeness (QED) is 0.829. The van der Waals surface area contributed by atoms with Gasteiger partial charge in [0.25, 0.3) is 5.91 Å². The average molecular weight is 365 g/mol. The first-order chi connectivity index (χ1) is 10.3. The van der Waals surface area contributed by atoms with Crippen LogP contribution in [-0.4, -0.2) is 32.0 Å². The van der Waals surface area contributed by atoms with Gasteiger partial charge in [-0.1, -0.05) is 34.8 Å². The van der Waals surface area contributed by atoms with Gasteiger partial charge in [0, 0.05) is 20.1 Å². The maximum Gasteiger partial charge on any atom is 0.273 e. The van der Waals surface area contributed by atoms with E-state index < -0.39 is 0 Å². The van der Waals surface area contributed by atoms with Crippen molar-refractivity contribution in [3.8, 4) is 0 Å². The lowest BCUT2D eigenvalue weighted by molar-refractivity contribution is 0.0947. The number of carbonyl (C=O) groups excluding carboxylic acids is 1. The molecule has 0 aliphatic rings.